The Morgan fingerprint density at radius 2 is 1.82 bits per heavy atom. The number of imide groups is 1. The maximum atomic E-state index is 15.6. The van der Waals surface area contributed by atoms with E-state index < -0.39 is 55.0 Å². The van der Waals surface area contributed by atoms with Crippen molar-refractivity contribution in [2.45, 2.75) is 107 Å². The molecule has 22 heteroatoms. The first-order valence-corrected chi connectivity index (χ1v) is 23.0. The zero-order valence-electron chi connectivity index (χ0n) is 36.8. The number of anilines is 2. The van der Waals surface area contributed by atoms with Gasteiger partial charge in [0.05, 0.1) is 66.0 Å². The number of hydrogen-bond donors (Lipinski definition) is 2. The zero-order valence-corrected chi connectivity index (χ0v) is 36.8. The van der Waals surface area contributed by atoms with Crippen LogP contribution in [-0.2, 0) is 19.1 Å². The summed E-state index contributed by atoms with van der Waals surface area (Å²) in [5.41, 5.74) is 1.26. The number of aromatic nitrogens is 7. The maximum Gasteiger partial charge on any atom is 0.411 e. The number of para-hydroxylation sites is 1. The molecule has 0 spiro atoms. The van der Waals surface area contributed by atoms with Crippen LogP contribution in [0.15, 0.2) is 42.9 Å². The average Bonchev–Trinajstić information content (AvgIpc) is 3.74. The SMILES string of the molecule is O=C1CCC(c2nn(C3CC3)c3c(C#CCO[C@@H]4CCN(C[C@H]5CC[C@H](n6cc(NC(=O)c7cnn8ccc(N9CCOCC9C(F)(F)F)nc78)c(C(F)F)n6)CC5)C[C@@H]4F)cccc23)C(=O)N1. The van der Waals surface area contributed by atoms with Gasteiger partial charge in [0.2, 0.25) is 11.8 Å². The minimum Gasteiger partial charge on any atom is -0.377 e. The Hall–Kier alpha value is -6.05. The van der Waals surface area contributed by atoms with Gasteiger partial charge in [-0.2, -0.15) is 28.5 Å². The summed E-state index contributed by atoms with van der Waals surface area (Å²) in [5.74, 6) is 4.52. The molecular weight excluding hydrogens is 901 g/mol. The number of fused-ring (bicyclic) bond motifs is 2. The molecule has 2 saturated carbocycles. The molecule has 16 nitrogen and oxygen atoms in total. The van der Waals surface area contributed by atoms with Crippen LogP contribution in [0.4, 0.5) is 37.8 Å². The summed E-state index contributed by atoms with van der Waals surface area (Å²) < 4.78 is 101. The van der Waals surface area contributed by atoms with Gasteiger partial charge in [-0.05, 0) is 69.4 Å². The number of carbonyl (C=O) groups is 3. The second-order valence-corrected chi connectivity index (χ2v) is 18.3. The van der Waals surface area contributed by atoms with E-state index in [0.717, 1.165) is 47.0 Å². The van der Waals surface area contributed by atoms with Crippen molar-refractivity contribution in [2.24, 2.45) is 5.92 Å². The van der Waals surface area contributed by atoms with Crippen LogP contribution in [0.1, 0.15) is 110 Å². The van der Waals surface area contributed by atoms with E-state index in [0.29, 0.717) is 44.5 Å². The van der Waals surface area contributed by atoms with Crippen LogP contribution in [0, 0.1) is 17.8 Å². The lowest BCUT2D eigenvalue weighted by Crippen LogP contribution is -2.54. The van der Waals surface area contributed by atoms with E-state index in [4.69, 9.17) is 14.6 Å². The minimum absolute atomic E-state index is 0.0376. The van der Waals surface area contributed by atoms with E-state index in [9.17, 15) is 36.3 Å². The number of halogens is 6. The van der Waals surface area contributed by atoms with E-state index in [2.05, 4.69) is 42.6 Å². The van der Waals surface area contributed by atoms with Crippen LogP contribution in [-0.4, -0.2) is 127 Å². The van der Waals surface area contributed by atoms with Crippen molar-refractivity contribution < 1.29 is 50.2 Å². The number of ether oxygens (including phenoxy) is 2. The lowest BCUT2D eigenvalue weighted by Gasteiger charge is -2.38. The highest BCUT2D eigenvalue weighted by molar-refractivity contribution is 6.08. The van der Waals surface area contributed by atoms with E-state index in [1.165, 1.54) is 33.9 Å². The molecule has 2 N–H and O–H groups in total. The number of morpholine rings is 1. The molecule has 3 aliphatic heterocycles. The molecule has 2 aliphatic carbocycles. The number of alkyl halides is 6. The summed E-state index contributed by atoms with van der Waals surface area (Å²) >= 11 is 0. The smallest absolute Gasteiger partial charge is 0.377 e. The predicted octanol–water partition coefficient (Wildman–Crippen LogP) is 6.30. The lowest BCUT2D eigenvalue weighted by molar-refractivity contribution is -0.167. The van der Waals surface area contributed by atoms with Crippen LogP contribution in [0.5, 0.6) is 0 Å². The van der Waals surface area contributed by atoms with Gasteiger partial charge in [-0.25, -0.2) is 22.7 Å². The number of amides is 3. The van der Waals surface area contributed by atoms with Crippen molar-refractivity contribution in [3.63, 3.8) is 0 Å². The third-order valence-electron chi connectivity index (χ3n) is 13.7. The molecule has 0 radical (unpaired) electrons. The Morgan fingerprint density at radius 3 is 2.57 bits per heavy atom. The van der Waals surface area contributed by atoms with E-state index >= 15 is 4.39 Å². The number of likely N-dealkylation sites (tertiary alicyclic amines) is 1. The lowest BCUT2D eigenvalue weighted by atomic mass is 9.85. The van der Waals surface area contributed by atoms with Crippen LogP contribution >= 0.6 is 0 Å². The van der Waals surface area contributed by atoms with Crippen molar-refractivity contribution in [1.82, 2.24) is 44.4 Å². The van der Waals surface area contributed by atoms with Crippen LogP contribution < -0.4 is 15.5 Å². The number of nitrogens with one attached hydrogen (secondary N) is 2. The predicted molar refractivity (Wildman–Crippen MR) is 233 cm³/mol. The van der Waals surface area contributed by atoms with Crippen LogP contribution in [0.3, 0.4) is 0 Å². The number of carbonyl (C=O) groups excluding carboxylic acids is 3. The van der Waals surface area contributed by atoms with Crippen molar-refractivity contribution in [1.29, 1.82) is 0 Å². The number of rotatable bonds is 11. The topological polar surface area (TPSA) is 166 Å². The summed E-state index contributed by atoms with van der Waals surface area (Å²) in [5, 5.41) is 18.9. The second-order valence-electron chi connectivity index (χ2n) is 18.3. The third kappa shape index (κ3) is 9.39. The van der Waals surface area contributed by atoms with E-state index in [1.807, 2.05) is 22.9 Å². The molecule has 5 fully saturated rings. The summed E-state index contributed by atoms with van der Waals surface area (Å²) in [7, 11) is 0. The first kappa shape index (κ1) is 45.7. The summed E-state index contributed by atoms with van der Waals surface area (Å²) in [6.07, 6.45) is 0.388. The number of hydrogen-bond acceptors (Lipinski definition) is 11. The van der Waals surface area contributed by atoms with Gasteiger partial charge >= 0.3 is 6.18 Å². The van der Waals surface area contributed by atoms with Crippen molar-refractivity contribution in [3.8, 4) is 11.8 Å². The van der Waals surface area contributed by atoms with E-state index in [-0.39, 0.29) is 85.3 Å². The van der Waals surface area contributed by atoms with Gasteiger partial charge in [-0.1, -0.05) is 24.0 Å². The van der Waals surface area contributed by atoms with Crippen LogP contribution in [0.2, 0.25) is 0 Å². The Balaban J connectivity index is 0.718. The molecule has 360 valence electrons. The first-order valence-electron chi connectivity index (χ1n) is 23.0. The van der Waals surface area contributed by atoms with Gasteiger partial charge in [0.25, 0.3) is 12.3 Å². The highest BCUT2D eigenvalue weighted by Crippen LogP contribution is 2.41. The molecule has 0 bridgehead atoms. The number of nitrogens with zero attached hydrogens (tertiary/aromatic N) is 9. The van der Waals surface area contributed by atoms with Gasteiger partial charge in [0, 0.05) is 50.4 Å². The molecule has 68 heavy (non-hydrogen) atoms. The van der Waals surface area contributed by atoms with Crippen molar-refractivity contribution in [2.75, 3.05) is 56.2 Å². The highest BCUT2D eigenvalue weighted by atomic mass is 19.4. The monoisotopic (exact) mass is 949 g/mol. The molecule has 4 atom stereocenters. The maximum absolute atomic E-state index is 15.6. The van der Waals surface area contributed by atoms with Crippen molar-refractivity contribution >= 4 is 45.8 Å². The molecule has 4 aromatic heterocycles. The van der Waals surface area contributed by atoms with E-state index in [1.54, 1.807) is 0 Å². The first-order chi connectivity index (χ1) is 32.8. The third-order valence-corrected chi connectivity index (χ3v) is 13.7. The summed E-state index contributed by atoms with van der Waals surface area (Å²) in [6.45, 7) is 0.973. The zero-order chi connectivity index (χ0) is 47.3. The Bertz CT molecular complexity index is 2770. The number of benzene rings is 1. The van der Waals surface area contributed by atoms with Gasteiger partial charge in [-0.15, -0.1) is 0 Å². The van der Waals surface area contributed by atoms with Gasteiger partial charge in [0.1, 0.15) is 30.2 Å². The molecule has 3 amide bonds. The molecule has 2 unspecified atom stereocenters. The van der Waals surface area contributed by atoms with Crippen molar-refractivity contribution in [3.05, 3.63) is 65.4 Å². The van der Waals surface area contributed by atoms with Gasteiger partial charge in [0.15, 0.2) is 11.3 Å². The molecule has 3 saturated heterocycles. The standard InChI is InChI=1S/C46H49F6N11O5/c47-33-23-59(16-14-35(33)68-19-2-4-27-3-1-5-30-39(31-12-13-38(64)56-44(31)65)58-63(41(27)30)29-10-11-29)22-26-6-8-28(9-7-26)62-24-34(40(57-62)42(48)49)54-45(66)32-21-53-61-17-15-37(55-43(32)61)60-18-20-67-25-36(60)46(50,51)52/h1,3,5,15,17,21,24,26,28-29,31,33,35-36,42H,6-14,16,18-20,22-23,25H2,(H,54,66)(H,56,64,65)/t26-,28-,31?,33-,35+,36?/m0/s1. The fourth-order valence-corrected chi connectivity index (χ4v) is 10.0. The number of piperidine rings is 2. The molecule has 10 rings (SSSR count). The highest BCUT2D eigenvalue weighted by Gasteiger charge is 2.46. The summed E-state index contributed by atoms with van der Waals surface area (Å²) in [4.78, 5) is 45.5. The van der Waals surface area contributed by atoms with Gasteiger partial charge in [-0.3, -0.25) is 34.0 Å². The summed E-state index contributed by atoms with van der Waals surface area (Å²) in [6, 6.07) is 5.13. The Morgan fingerprint density at radius 1 is 1.01 bits per heavy atom. The fourth-order valence-electron chi connectivity index (χ4n) is 10.0. The second kappa shape index (κ2) is 18.8. The molecule has 1 aromatic carbocycles. The quantitative estimate of drug-likeness (QED) is 0.0868. The molecular formula is C46H49F6N11O5. The van der Waals surface area contributed by atoms with Crippen LogP contribution in [0.25, 0.3) is 16.6 Å². The fraction of sp³-hybridized carbons (Fsp3) is 0.543. The Labute approximate surface area is 385 Å². The largest absolute Gasteiger partial charge is 0.411 e. The minimum atomic E-state index is -4.59. The normalized spacial score (nSPS) is 25.2. The molecule has 5 aliphatic rings. The molecule has 7 heterocycles. The van der Waals surface area contributed by atoms with Gasteiger partial charge < -0.3 is 19.7 Å². The average molecular weight is 950 g/mol. The Kier molecular flexibility index (Phi) is 12.6. The molecule has 5 aromatic rings.